The van der Waals surface area contributed by atoms with Gasteiger partial charge >= 0.3 is 0 Å². The SMILES string of the molecule is CCNC(=NCc1cccc(Cn2cncn2)c1)NCc1coc(-c2ccc(C)cc2)n1. The fourth-order valence-electron chi connectivity index (χ4n) is 3.23. The predicted octanol–water partition coefficient (Wildman–Crippen LogP) is 3.55. The summed E-state index contributed by atoms with van der Waals surface area (Å²) in [6, 6.07) is 16.5. The molecule has 0 amide bonds. The van der Waals surface area contributed by atoms with Crippen LogP contribution < -0.4 is 10.6 Å². The van der Waals surface area contributed by atoms with Gasteiger partial charge in [0.25, 0.3) is 0 Å². The van der Waals surface area contributed by atoms with Gasteiger partial charge in [-0.05, 0) is 37.1 Å². The number of nitrogens with one attached hydrogen (secondary N) is 2. The lowest BCUT2D eigenvalue weighted by Gasteiger charge is -2.10. The molecule has 0 aliphatic heterocycles. The highest BCUT2D eigenvalue weighted by molar-refractivity contribution is 5.79. The number of nitrogens with zero attached hydrogens (tertiary/aromatic N) is 5. The number of rotatable bonds is 8. The van der Waals surface area contributed by atoms with Crippen molar-refractivity contribution in [2.24, 2.45) is 4.99 Å². The first-order valence-electron chi connectivity index (χ1n) is 10.6. The summed E-state index contributed by atoms with van der Waals surface area (Å²) in [7, 11) is 0. The maximum absolute atomic E-state index is 5.65. The van der Waals surface area contributed by atoms with E-state index in [1.165, 1.54) is 5.56 Å². The second kappa shape index (κ2) is 10.4. The van der Waals surface area contributed by atoms with Gasteiger partial charge < -0.3 is 15.1 Å². The van der Waals surface area contributed by atoms with Gasteiger partial charge in [0.1, 0.15) is 18.9 Å². The smallest absolute Gasteiger partial charge is 0.226 e. The van der Waals surface area contributed by atoms with Crippen molar-refractivity contribution in [3.05, 3.63) is 89.8 Å². The highest BCUT2D eigenvalue weighted by atomic mass is 16.3. The van der Waals surface area contributed by atoms with E-state index in [2.05, 4.69) is 50.8 Å². The zero-order chi connectivity index (χ0) is 22.2. The number of aromatic nitrogens is 4. The largest absolute Gasteiger partial charge is 0.444 e. The maximum Gasteiger partial charge on any atom is 0.226 e. The van der Waals surface area contributed by atoms with Crippen LogP contribution in [0.15, 0.2) is 76.9 Å². The molecule has 4 rings (SSSR count). The first-order chi connectivity index (χ1) is 15.7. The molecule has 0 fully saturated rings. The molecule has 0 unspecified atom stereocenters. The van der Waals surface area contributed by atoms with E-state index in [9.17, 15) is 0 Å². The second-order valence-electron chi connectivity index (χ2n) is 7.47. The Morgan fingerprint density at radius 1 is 1.09 bits per heavy atom. The summed E-state index contributed by atoms with van der Waals surface area (Å²) in [5.41, 5.74) is 5.28. The van der Waals surface area contributed by atoms with Gasteiger partial charge in [0.05, 0.1) is 25.3 Å². The minimum absolute atomic E-state index is 0.521. The Morgan fingerprint density at radius 2 is 1.94 bits per heavy atom. The molecule has 164 valence electrons. The highest BCUT2D eigenvalue weighted by Gasteiger charge is 2.07. The van der Waals surface area contributed by atoms with Crippen LogP contribution in [0.2, 0.25) is 0 Å². The minimum Gasteiger partial charge on any atom is -0.444 e. The molecule has 8 nitrogen and oxygen atoms in total. The van der Waals surface area contributed by atoms with E-state index in [1.54, 1.807) is 23.6 Å². The van der Waals surface area contributed by atoms with E-state index in [0.29, 0.717) is 25.5 Å². The third kappa shape index (κ3) is 5.81. The molecule has 0 aliphatic carbocycles. The zero-order valence-corrected chi connectivity index (χ0v) is 18.3. The molecule has 2 N–H and O–H groups in total. The predicted molar refractivity (Wildman–Crippen MR) is 124 cm³/mol. The number of hydrogen-bond acceptors (Lipinski definition) is 5. The normalized spacial score (nSPS) is 11.5. The molecule has 0 spiro atoms. The average molecular weight is 430 g/mol. The lowest BCUT2D eigenvalue weighted by molar-refractivity contribution is 0.572. The molecule has 2 aromatic heterocycles. The molecule has 0 radical (unpaired) electrons. The fraction of sp³-hybridized carbons (Fsp3) is 0.250. The molecule has 32 heavy (non-hydrogen) atoms. The van der Waals surface area contributed by atoms with Gasteiger partial charge in [0.15, 0.2) is 5.96 Å². The number of benzene rings is 2. The fourth-order valence-corrected chi connectivity index (χ4v) is 3.23. The Morgan fingerprint density at radius 3 is 2.72 bits per heavy atom. The van der Waals surface area contributed by atoms with Crippen LogP contribution in [0.3, 0.4) is 0 Å². The van der Waals surface area contributed by atoms with Gasteiger partial charge in [-0.3, -0.25) is 0 Å². The van der Waals surface area contributed by atoms with Crippen LogP contribution in [-0.2, 0) is 19.6 Å². The molecule has 0 bridgehead atoms. The summed E-state index contributed by atoms with van der Waals surface area (Å²) in [6.45, 7) is 6.64. The summed E-state index contributed by atoms with van der Waals surface area (Å²) < 4.78 is 7.45. The number of guanidine groups is 1. The standard InChI is InChI=1S/C24H27N7O/c1-3-26-24(27-12-19-5-4-6-20(11-19)14-31-17-25-16-29-31)28-13-22-15-32-23(30-22)21-9-7-18(2)8-10-21/h4-11,15-17H,3,12-14H2,1-2H3,(H2,26,27,28). The Balaban J connectivity index is 1.37. The molecular weight excluding hydrogens is 402 g/mol. The van der Waals surface area contributed by atoms with Crippen molar-refractivity contribution in [3.8, 4) is 11.5 Å². The van der Waals surface area contributed by atoms with E-state index in [4.69, 9.17) is 9.41 Å². The Kier molecular flexibility index (Phi) is 6.91. The third-order valence-corrected chi connectivity index (χ3v) is 4.85. The van der Waals surface area contributed by atoms with Crippen LogP contribution in [-0.4, -0.2) is 32.3 Å². The Bertz CT molecular complexity index is 1150. The molecule has 0 atom stereocenters. The molecular formula is C24H27N7O. The summed E-state index contributed by atoms with van der Waals surface area (Å²) >= 11 is 0. The monoisotopic (exact) mass is 429 g/mol. The van der Waals surface area contributed by atoms with Gasteiger partial charge in [0.2, 0.25) is 5.89 Å². The number of hydrogen-bond donors (Lipinski definition) is 2. The average Bonchev–Trinajstić information content (AvgIpc) is 3.49. The van der Waals surface area contributed by atoms with E-state index in [1.807, 2.05) is 37.3 Å². The molecule has 0 saturated carbocycles. The van der Waals surface area contributed by atoms with Crippen molar-refractivity contribution in [2.45, 2.75) is 33.5 Å². The van der Waals surface area contributed by atoms with Gasteiger partial charge in [0, 0.05) is 12.1 Å². The summed E-state index contributed by atoms with van der Waals surface area (Å²) in [6.07, 6.45) is 4.94. The molecule has 2 aromatic carbocycles. The molecule has 4 aromatic rings. The summed E-state index contributed by atoms with van der Waals surface area (Å²) in [5.74, 6) is 1.35. The first-order valence-corrected chi connectivity index (χ1v) is 10.6. The van der Waals surface area contributed by atoms with E-state index >= 15 is 0 Å². The molecule has 0 saturated heterocycles. The van der Waals surface area contributed by atoms with Crippen LogP contribution in [0.4, 0.5) is 0 Å². The van der Waals surface area contributed by atoms with Crippen LogP contribution in [0.1, 0.15) is 29.3 Å². The first kappa shape index (κ1) is 21.3. The van der Waals surface area contributed by atoms with Crippen molar-refractivity contribution in [3.63, 3.8) is 0 Å². The zero-order valence-electron chi connectivity index (χ0n) is 18.3. The number of aliphatic imine (C=N–C) groups is 1. The summed E-state index contributed by atoms with van der Waals surface area (Å²) in [4.78, 5) is 13.3. The van der Waals surface area contributed by atoms with Gasteiger partial charge in [-0.25, -0.2) is 19.6 Å². The lowest BCUT2D eigenvalue weighted by Crippen LogP contribution is -2.36. The van der Waals surface area contributed by atoms with Gasteiger partial charge in [-0.2, -0.15) is 5.10 Å². The number of oxazole rings is 1. The quantitative estimate of drug-likeness (QED) is 0.329. The van der Waals surface area contributed by atoms with Crippen molar-refractivity contribution in [1.82, 2.24) is 30.4 Å². The maximum atomic E-state index is 5.65. The Hall–Kier alpha value is -3.94. The van der Waals surface area contributed by atoms with Crippen LogP contribution in [0.25, 0.3) is 11.5 Å². The van der Waals surface area contributed by atoms with E-state index in [0.717, 1.165) is 34.9 Å². The molecule has 0 aliphatic rings. The van der Waals surface area contributed by atoms with Crippen molar-refractivity contribution >= 4 is 5.96 Å². The number of aryl methyl sites for hydroxylation is 1. The summed E-state index contributed by atoms with van der Waals surface area (Å²) in [5, 5.41) is 10.8. The van der Waals surface area contributed by atoms with Crippen LogP contribution >= 0.6 is 0 Å². The van der Waals surface area contributed by atoms with E-state index < -0.39 is 0 Å². The lowest BCUT2D eigenvalue weighted by atomic mass is 10.1. The minimum atomic E-state index is 0.521. The Labute approximate surface area is 187 Å². The van der Waals surface area contributed by atoms with Crippen LogP contribution in [0, 0.1) is 6.92 Å². The van der Waals surface area contributed by atoms with Crippen LogP contribution in [0.5, 0.6) is 0 Å². The molecule has 8 heteroatoms. The van der Waals surface area contributed by atoms with Crippen molar-refractivity contribution < 1.29 is 4.42 Å². The third-order valence-electron chi connectivity index (χ3n) is 4.85. The second-order valence-corrected chi connectivity index (χ2v) is 7.47. The highest BCUT2D eigenvalue weighted by Crippen LogP contribution is 2.19. The van der Waals surface area contributed by atoms with Crippen molar-refractivity contribution in [1.29, 1.82) is 0 Å². The van der Waals surface area contributed by atoms with Gasteiger partial charge in [-0.1, -0.05) is 42.0 Å². The van der Waals surface area contributed by atoms with Gasteiger partial charge in [-0.15, -0.1) is 0 Å². The topological polar surface area (TPSA) is 93.2 Å². The van der Waals surface area contributed by atoms with Crippen molar-refractivity contribution in [2.75, 3.05) is 6.54 Å². The molecule has 2 heterocycles. The van der Waals surface area contributed by atoms with E-state index in [-0.39, 0.29) is 0 Å².